The predicted octanol–water partition coefficient (Wildman–Crippen LogP) is 4.43. The average Bonchev–Trinajstić information content (AvgIpc) is 2.85. The molecule has 6 heteroatoms. The van der Waals surface area contributed by atoms with Crippen LogP contribution >= 0.6 is 27.7 Å². The molecule has 1 aromatic heterocycles. The van der Waals surface area contributed by atoms with Crippen LogP contribution < -0.4 is 5.32 Å². The summed E-state index contributed by atoms with van der Waals surface area (Å²) in [6, 6.07) is 11.2. The summed E-state index contributed by atoms with van der Waals surface area (Å²) >= 11 is 4.91. The molecule has 1 N–H and O–H groups in total. The Bertz CT molecular complexity index is 583. The van der Waals surface area contributed by atoms with Crippen molar-refractivity contribution in [1.82, 2.24) is 4.90 Å². The first kappa shape index (κ1) is 15.0. The molecule has 0 bridgehead atoms. The molecule has 1 heterocycles. The Morgan fingerprint density at radius 1 is 1.30 bits per heavy atom. The second-order valence-electron chi connectivity index (χ2n) is 4.22. The lowest BCUT2D eigenvalue weighted by Crippen LogP contribution is -2.30. The number of nitrogens with zero attached hydrogens (tertiary/aromatic N) is 1. The van der Waals surface area contributed by atoms with Crippen LogP contribution in [-0.4, -0.2) is 24.2 Å². The first-order valence-corrected chi connectivity index (χ1v) is 8.00. The van der Waals surface area contributed by atoms with E-state index in [4.69, 9.17) is 4.42 Å². The van der Waals surface area contributed by atoms with Gasteiger partial charge >= 0.3 is 6.03 Å². The number of benzene rings is 1. The Balaban J connectivity index is 1.93. The zero-order valence-electron chi connectivity index (χ0n) is 11.2. The number of carbonyl (C=O) groups is 1. The minimum atomic E-state index is -0.172. The van der Waals surface area contributed by atoms with Crippen LogP contribution in [0.15, 0.2) is 50.4 Å². The molecule has 106 valence electrons. The van der Waals surface area contributed by atoms with E-state index in [0.29, 0.717) is 11.2 Å². The highest BCUT2D eigenvalue weighted by Gasteiger charge is 2.11. The monoisotopic (exact) mass is 354 g/mol. The fraction of sp³-hybridized carbons (Fsp3) is 0.214. The third kappa shape index (κ3) is 4.05. The molecular formula is C14H15BrN2O2S. The number of carbonyl (C=O) groups excluding carboxylic acids is 1. The van der Waals surface area contributed by atoms with E-state index in [0.717, 1.165) is 16.3 Å². The molecule has 2 aromatic rings. The molecule has 0 unspecified atom stereocenters. The van der Waals surface area contributed by atoms with Gasteiger partial charge in [-0.15, -0.1) is 11.8 Å². The van der Waals surface area contributed by atoms with Crippen molar-refractivity contribution >= 4 is 39.4 Å². The fourth-order valence-electron chi connectivity index (χ4n) is 1.64. The number of urea groups is 1. The summed E-state index contributed by atoms with van der Waals surface area (Å²) in [7, 11) is 1.72. The van der Waals surface area contributed by atoms with Gasteiger partial charge < -0.3 is 14.6 Å². The number of nitrogens with one attached hydrogen (secondary N) is 1. The third-order valence-corrected chi connectivity index (χ3v) is 3.88. The van der Waals surface area contributed by atoms with E-state index >= 15 is 0 Å². The highest BCUT2D eigenvalue weighted by atomic mass is 79.9. The number of rotatable bonds is 4. The van der Waals surface area contributed by atoms with Crippen molar-refractivity contribution in [3.8, 4) is 0 Å². The maximum Gasteiger partial charge on any atom is 0.321 e. The maximum absolute atomic E-state index is 12.0. The van der Waals surface area contributed by atoms with Gasteiger partial charge in [-0.1, -0.05) is 0 Å². The van der Waals surface area contributed by atoms with Gasteiger partial charge in [-0.3, -0.25) is 0 Å². The molecule has 2 amide bonds. The van der Waals surface area contributed by atoms with Crippen LogP contribution in [-0.2, 0) is 6.54 Å². The molecule has 0 saturated carbocycles. The van der Waals surface area contributed by atoms with Crippen LogP contribution in [0, 0.1) is 0 Å². The van der Waals surface area contributed by atoms with Crippen molar-refractivity contribution in [3.05, 3.63) is 46.8 Å². The summed E-state index contributed by atoms with van der Waals surface area (Å²) < 4.78 is 6.04. The van der Waals surface area contributed by atoms with Crippen LogP contribution in [0.3, 0.4) is 0 Å². The molecule has 0 atom stereocenters. The van der Waals surface area contributed by atoms with Gasteiger partial charge in [-0.05, 0) is 58.6 Å². The molecule has 2 rings (SSSR count). The van der Waals surface area contributed by atoms with Gasteiger partial charge in [0.25, 0.3) is 0 Å². The molecule has 0 saturated heterocycles. The van der Waals surface area contributed by atoms with E-state index in [-0.39, 0.29) is 6.03 Å². The summed E-state index contributed by atoms with van der Waals surface area (Å²) in [5.74, 6) is 0.729. The Morgan fingerprint density at radius 2 is 2.00 bits per heavy atom. The predicted molar refractivity (Wildman–Crippen MR) is 85.1 cm³/mol. The van der Waals surface area contributed by atoms with Crippen LogP contribution in [0.25, 0.3) is 0 Å². The molecule has 0 spiro atoms. The lowest BCUT2D eigenvalue weighted by atomic mass is 10.3. The van der Waals surface area contributed by atoms with Gasteiger partial charge in [0.1, 0.15) is 5.76 Å². The third-order valence-electron chi connectivity index (χ3n) is 2.71. The highest BCUT2D eigenvalue weighted by Crippen LogP contribution is 2.18. The SMILES string of the molecule is CSc1ccc(NC(=O)N(C)Cc2ccc(Br)o2)cc1. The van der Waals surface area contributed by atoms with E-state index in [1.54, 1.807) is 23.7 Å². The molecule has 0 fully saturated rings. The molecule has 0 aliphatic carbocycles. The summed E-state index contributed by atoms with van der Waals surface area (Å²) in [4.78, 5) is 14.8. The zero-order valence-corrected chi connectivity index (χ0v) is 13.6. The Labute approximate surface area is 130 Å². The van der Waals surface area contributed by atoms with Crippen molar-refractivity contribution in [2.45, 2.75) is 11.4 Å². The minimum Gasteiger partial charge on any atom is -0.452 e. The molecular weight excluding hydrogens is 340 g/mol. The van der Waals surface area contributed by atoms with E-state index in [1.807, 2.05) is 42.7 Å². The average molecular weight is 355 g/mol. The van der Waals surface area contributed by atoms with Gasteiger partial charge in [0, 0.05) is 17.6 Å². The Morgan fingerprint density at radius 3 is 2.55 bits per heavy atom. The molecule has 0 aliphatic rings. The minimum absolute atomic E-state index is 0.172. The van der Waals surface area contributed by atoms with Gasteiger partial charge in [0.15, 0.2) is 4.67 Å². The van der Waals surface area contributed by atoms with Gasteiger partial charge in [-0.2, -0.15) is 0 Å². The first-order chi connectivity index (χ1) is 9.58. The van der Waals surface area contributed by atoms with Crippen LogP contribution in [0.1, 0.15) is 5.76 Å². The van der Waals surface area contributed by atoms with Gasteiger partial charge in [0.2, 0.25) is 0 Å². The normalized spacial score (nSPS) is 10.3. The number of anilines is 1. The van der Waals surface area contributed by atoms with Crippen molar-refractivity contribution in [2.75, 3.05) is 18.6 Å². The Kier molecular flexibility index (Phi) is 5.14. The van der Waals surface area contributed by atoms with E-state index in [1.165, 1.54) is 0 Å². The Hall–Kier alpha value is -1.40. The summed E-state index contributed by atoms with van der Waals surface area (Å²) in [6.07, 6.45) is 2.02. The van der Waals surface area contributed by atoms with Gasteiger partial charge in [-0.25, -0.2) is 4.79 Å². The first-order valence-electron chi connectivity index (χ1n) is 5.99. The van der Waals surface area contributed by atoms with Crippen molar-refractivity contribution in [3.63, 3.8) is 0 Å². The number of amides is 2. The number of furan rings is 1. The summed E-state index contributed by atoms with van der Waals surface area (Å²) in [6.45, 7) is 0.417. The quantitative estimate of drug-likeness (QED) is 0.826. The van der Waals surface area contributed by atoms with Gasteiger partial charge in [0.05, 0.1) is 6.54 Å². The number of hydrogen-bond acceptors (Lipinski definition) is 3. The lowest BCUT2D eigenvalue weighted by molar-refractivity contribution is 0.216. The van der Waals surface area contributed by atoms with Crippen LogP contribution in [0.2, 0.25) is 0 Å². The number of hydrogen-bond donors (Lipinski definition) is 1. The molecule has 20 heavy (non-hydrogen) atoms. The molecule has 4 nitrogen and oxygen atoms in total. The summed E-state index contributed by atoms with van der Waals surface area (Å²) in [5, 5.41) is 2.84. The van der Waals surface area contributed by atoms with E-state index in [9.17, 15) is 4.79 Å². The van der Waals surface area contributed by atoms with E-state index < -0.39 is 0 Å². The smallest absolute Gasteiger partial charge is 0.321 e. The lowest BCUT2D eigenvalue weighted by Gasteiger charge is -2.16. The van der Waals surface area contributed by atoms with Crippen molar-refractivity contribution in [1.29, 1.82) is 0 Å². The molecule has 0 radical (unpaired) electrons. The van der Waals surface area contributed by atoms with Crippen molar-refractivity contribution in [2.24, 2.45) is 0 Å². The highest BCUT2D eigenvalue weighted by molar-refractivity contribution is 9.10. The van der Waals surface area contributed by atoms with Crippen LogP contribution in [0.5, 0.6) is 0 Å². The molecule has 1 aromatic carbocycles. The second-order valence-corrected chi connectivity index (χ2v) is 5.88. The summed E-state index contributed by atoms with van der Waals surface area (Å²) in [5.41, 5.74) is 0.778. The number of thioether (sulfide) groups is 1. The number of halogens is 1. The topological polar surface area (TPSA) is 45.5 Å². The van der Waals surface area contributed by atoms with Crippen LogP contribution in [0.4, 0.5) is 10.5 Å². The zero-order chi connectivity index (χ0) is 14.5. The largest absolute Gasteiger partial charge is 0.452 e. The van der Waals surface area contributed by atoms with Crippen molar-refractivity contribution < 1.29 is 9.21 Å². The van der Waals surface area contributed by atoms with E-state index in [2.05, 4.69) is 21.2 Å². The fourth-order valence-corrected chi connectivity index (χ4v) is 2.38. The molecule has 0 aliphatic heterocycles. The second kappa shape index (κ2) is 6.85. The maximum atomic E-state index is 12.0. The standard InChI is InChI=1S/C14H15BrN2O2S/c1-17(9-11-5-8-13(15)19-11)14(18)16-10-3-6-12(20-2)7-4-10/h3-8H,9H2,1-2H3,(H,16,18).